The minimum Gasteiger partial charge on any atom is -0.508 e. The Morgan fingerprint density at radius 2 is 1.76 bits per heavy atom. The SMILES string of the molecule is COc1cccc(COc2c(-c3ccccc3)oc3cc(O)cc(O)c3c2=O)c1. The van der Waals surface area contributed by atoms with Gasteiger partial charge < -0.3 is 24.1 Å². The molecule has 6 nitrogen and oxygen atoms in total. The highest BCUT2D eigenvalue weighted by Crippen LogP contribution is 2.35. The van der Waals surface area contributed by atoms with E-state index in [1.165, 1.54) is 6.07 Å². The number of rotatable bonds is 5. The summed E-state index contributed by atoms with van der Waals surface area (Å²) in [6.45, 7) is 0.103. The molecule has 4 aromatic rings. The molecule has 0 radical (unpaired) electrons. The van der Waals surface area contributed by atoms with E-state index in [0.717, 1.165) is 11.6 Å². The summed E-state index contributed by atoms with van der Waals surface area (Å²) in [5.74, 6) is 0.290. The molecular formula is C23H18O6. The molecule has 0 unspecified atom stereocenters. The smallest absolute Gasteiger partial charge is 0.239 e. The molecule has 2 N–H and O–H groups in total. The fourth-order valence-corrected chi connectivity index (χ4v) is 3.10. The molecule has 146 valence electrons. The number of benzene rings is 3. The third-order valence-electron chi connectivity index (χ3n) is 4.47. The summed E-state index contributed by atoms with van der Waals surface area (Å²) >= 11 is 0. The van der Waals surface area contributed by atoms with Crippen molar-refractivity contribution in [3.8, 4) is 34.3 Å². The van der Waals surface area contributed by atoms with Gasteiger partial charge in [0, 0.05) is 17.7 Å². The van der Waals surface area contributed by atoms with Gasteiger partial charge in [0.15, 0.2) is 5.76 Å². The first-order valence-corrected chi connectivity index (χ1v) is 8.91. The summed E-state index contributed by atoms with van der Waals surface area (Å²) in [4.78, 5) is 13.1. The molecule has 4 rings (SSSR count). The van der Waals surface area contributed by atoms with E-state index < -0.39 is 5.43 Å². The molecule has 6 heteroatoms. The van der Waals surface area contributed by atoms with E-state index in [1.807, 2.05) is 36.4 Å². The molecule has 1 aromatic heterocycles. The molecule has 1 heterocycles. The van der Waals surface area contributed by atoms with Crippen molar-refractivity contribution >= 4 is 11.0 Å². The molecule has 0 bridgehead atoms. The highest BCUT2D eigenvalue weighted by atomic mass is 16.5. The van der Waals surface area contributed by atoms with Gasteiger partial charge in [-0.15, -0.1) is 0 Å². The summed E-state index contributed by atoms with van der Waals surface area (Å²) in [7, 11) is 1.57. The lowest BCUT2D eigenvalue weighted by Gasteiger charge is -2.13. The van der Waals surface area contributed by atoms with Crippen LogP contribution in [0.25, 0.3) is 22.3 Å². The first-order valence-electron chi connectivity index (χ1n) is 8.91. The van der Waals surface area contributed by atoms with Gasteiger partial charge in [-0.1, -0.05) is 42.5 Å². The van der Waals surface area contributed by atoms with Crippen LogP contribution in [-0.4, -0.2) is 17.3 Å². The predicted molar refractivity (Wildman–Crippen MR) is 109 cm³/mol. The second-order valence-electron chi connectivity index (χ2n) is 6.43. The van der Waals surface area contributed by atoms with Crippen LogP contribution in [0.2, 0.25) is 0 Å². The molecule has 0 saturated heterocycles. The van der Waals surface area contributed by atoms with Gasteiger partial charge in [0.2, 0.25) is 11.2 Å². The maximum absolute atomic E-state index is 13.1. The average molecular weight is 390 g/mol. The number of hydrogen-bond donors (Lipinski definition) is 2. The Kier molecular flexibility index (Phi) is 4.83. The number of fused-ring (bicyclic) bond motifs is 1. The third-order valence-corrected chi connectivity index (χ3v) is 4.47. The van der Waals surface area contributed by atoms with Gasteiger partial charge in [-0.25, -0.2) is 0 Å². The van der Waals surface area contributed by atoms with Crippen molar-refractivity contribution in [2.75, 3.05) is 7.11 Å². The Bertz CT molecular complexity index is 1230. The molecular weight excluding hydrogens is 372 g/mol. The summed E-state index contributed by atoms with van der Waals surface area (Å²) in [5, 5.41) is 19.9. The maximum atomic E-state index is 13.1. The van der Waals surface area contributed by atoms with Crippen LogP contribution in [0.3, 0.4) is 0 Å². The summed E-state index contributed by atoms with van der Waals surface area (Å²) < 4.78 is 17.0. The molecule has 0 fully saturated rings. The number of phenolic OH excluding ortho intramolecular Hbond substituents is 2. The summed E-state index contributed by atoms with van der Waals surface area (Å²) in [5.41, 5.74) is 0.985. The molecule has 0 aliphatic heterocycles. The van der Waals surface area contributed by atoms with E-state index in [4.69, 9.17) is 13.9 Å². The first kappa shape index (κ1) is 18.4. The Morgan fingerprint density at radius 3 is 2.52 bits per heavy atom. The van der Waals surface area contributed by atoms with Crippen molar-refractivity contribution in [2.24, 2.45) is 0 Å². The minimum atomic E-state index is -0.523. The number of methoxy groups -OCH3 is 1. The standard InChI is InChI=1S/C23H18O6/c1-27-17-9-5-6-14(10-17)13-28-23-21(26)20-18(25)11-16(24)12-19(20)29-22(23)15-7-3-2-4-8-15/h2-12,24-25H,13H2,1H3. The number of hydrogen-bond acceptors (Lipinski definition) is 6. The van der Waals surface area contributed by atoms with Crippen LogP contribution >= 0.6 is 0 Å². The van der Waals surface area contributed by atoms with Crippen LogP contribution in [-0.2, 0) is 6.61 Å². The van der Waals surface area contributed by atoms with Crippen LogP contribution in [0.15, 0.2) is 75.9 Å². The fraction of sp³-hybridized carbons (Fsp3) is 0.0870. The lowest BCUT2D eigenvalue weighted by molar-refractivity contribution is 0.296. The van der Waals surface area contributed by atoms with E-state index >= 15 is 0 Å². The van der Waals surface area contributed by atoms with Crippen molar-refractivity contribution in [3.05, 3.63) is 82.5 Å². The second-order valence-corrected chi connectivity index (χ2v) is 6.43. The van der Waals surface area contributed by atoms with E-state index in [2.05, 4.69) is 0 Å². The summed E-state index contributed by atoms with van der Waals surface area (Å²) in [6, 6.07) is 18.7. The lowest BCUT2D eigenvalue weighted by Crippen LogP contribution is -2.10. The molecule has 29 heavy (non-hydrogen) atoms. The molecule has 0 saturated carbocycles. The van der Waals surface area contributed by atoms with Gasteiger partial charge >= 0.3 is 0 Å². The van der Waals surface area contributed by atoms with Gasteiger partial charge in [-0.2, -0.15) is 0 Å². The number of ether oxygens (including phenoxy) is 2. The Balaban J connectivity index is 1.86. The van der Waals surface area contributed by atoms with Crippen molar-refractivity contribution in [3.63, 3.8) is 0 Å². The molecule has 3 aromatic carbocycles. The Hall–Kier alpha value is -3.93. The largest absolute Gasteiger partial charge is 0.508 e. The first-order chi connectivity index (χ1) is 14.1. The maximum Gasteiger partial charge on any atom is 0.239 e. The monoisotopic (exact) mass is 390 g/mol. The molecule has 0 aliphatic rings. The topological polar surface area (TPSA) is 89.1 Å². The van der Waals surface area contributed by atoms with Crippen LogP contribution in [0.5, 0.6) is 23.0 Å². The van der Waals surface area contributed by atoms with Crippen LogP contribution in [0, 0.1) is 0 Å². The Morgan fingerprint density at radius 1 is 0.966 bits per heavy atom. The van der Waals surface area contributed by atoms with Crippen LogP contribution < -0.4 is 14.9 Å². The van der Waals surface area contributed by atoms with Gasteiger partial charge in [0.05, 0.1) is 7.11 Å². The van der Waals surface area contributed by atoms with Crippen molar-refractivity contribution in [1.29, 1.82) is 0 Å². The second kappa shape index (κ2) is 7.59. The lowest BCUT2D eigenvalue weighted by atomic mass is 10.1. The van der Waals surface area contributed by atoms with Gasteiger partial charge in [-0.05, 0) is 17.7 Å². The zero-order chi connectivity index (χ0) is 20.4. The van der Waals surface area contributed by atoms with Crippen LogP contribution in [0.4, 0.5) is 0 Å². The van der Waals surface area contributed by atoms with E-state index in [0.29, 0.717) is 11.3 Å². The highest BCUT2D eigenvalue weighted by molar-refractivity contribution is 5.88. The third kappa shape index (κ3) is 3.60. The van der Waals surface area contributed by atoms with Crippen molar-refractivity contribution in [1.82, 2.24) is 0 Å². The molecule has 0 spiro atoms. The van der Waals surface area contributed by atoms with Gasteiger partial charge in [0.25, 0.3) is 0 Å². The molecule has 0 amide bonds. The van der Waals surface area contributed by atoms with Crippen molar-refractivity contribution in [2.45, 2.75) is 6.61 Å². The Labute approximate surface area is 166 Å². The predicted octanol–water partition coefficient (Wildman–Crippen LogP) is 4.46. The summed E-state index contributed by atoms with van der Waals surface area (Å²) in [6.07, 6.45) is 0. The zero-order valence-electron chi connectivity index (χ0n) is 15.6. The van der Waals surface area contributed by atoms with Gasteiger partial charge in [-0.3, -0.25) is 4.79 Å². The average Bonchev–Trinajstić information content (AvgIpc) is 2.73. The van der Waals surface area contributed by atoms with Crippen molar-refractivity contribution < 1.29 is 24.1 Å². The van der Waals surface area contributed by atoms with E-state index in [9.17, 15) is 15.0 Å². The highest BCUT2D eigenvalue weighted by Gasteiger charge is 2.20. The van der Waals surface area contributed by atoms with Crippen LogP contribution in [0.1, 0.15) is 5.56 Å². The van der Waals surface area contributed by atoms with E-state index in [1.54, 1.807) is 25.3 Å². The zero-order valence-corrected chi connectivity index (χ0v) is 15.6. The molecule has 0 aliphatic carbocycles. The number of phenols is 2. The minimum absolute atomic E-state index is 0.0208. The number of aromatic hydroxyl groups is 2. The quantitative estimate of drug-likeness (QED) is 0.523. The van der Waals surface area contributed by atoms with E-state index in [-0.39, 0.29) is 40.6 Å². The molecule has 0 atom stereocenters. The normalized spacial score (nSPS) is 10.8. The fourth-order valence-electron chi connectivity index (χ4n) is 3.10. The van der Waals surface area contributed by atoms with Gasteiger partial charge in [0.1, 0.15) is 34.8 Å².